The van der Waals surface area contributed by atoms with Gasteiger partial charge in [-0.3, -0.25) is 0 Å². The fourth-order valence-corrected chi connectivity index (χ4v) is 4.08. The number of hydrogen-bond acceptors (Lipinski definition) is 4. The van der Waals surface area contributed by atoms with Gasteiger partial charge in [0.15, 0.2) is 0 Å². The molecule has 1 aliphatic rings. The van der Waals surface area contributed by atoms with Crippen LogP contribution in [0.4, 0.5) is 22.0 Å². The molecule has 0 radical (unpaired) electrons. The number of alkyl halides is 3. The summed E-state index contributed by atoms with van der Waals surface area (Å²) in [5.41, 5.74) is 0.691. The van der Waals surface area contributed by atoms with Crippen LogP contribution in [0.5, 0.6) is 5.75 Å². The van der Waals surface area contributed by atoms with Crippen molar-refractivity contribution >= 4 is 17.1 Å². The van der Waals surface area contributed by atoms with E-state index >= 15 is 0 Å². The van der Waals surface area contributed by atoms with E-state index in [1.807, 2.05) is 6.92 Å². The quantitative estimate of drug-likeness (QED) is 0.377. The summed E-state index contributed by atoms with van der Waals surface area (Å²) in [5, 5.41) is 11.3. The molecule has 1 aromatic heterocycles. The predicted molar refractivity (Wildman–Crippen MR) is 116 cm³/mol. The molecular weight excluding hydrogens is 492 g/mol. The average Bonchev–Trinajstić information content (AvgIpc) is 3.28. The summed E-state index contributed by atoms with van der Waals surface area (Å²) in [6.07, 6.45) is -3.27. The van der Waals surface area contributed by atoms with Crippen LogP contribution in [-0.4, -0.2) is 11.0 Å². The fourth-order valence-electron chi connectivity index (χ4n) is 4.08. The van der Waals surface area contributed by atoms with E-state index in [2.05, 4.69) is 4.98 Å². The van der Waals surface area contributed by atoms with Crippen molar-refractivity contribution in [2.24, 2.45) is 0 Å². The number of benzene rings is 2. The first kappa shape index (κ1) is 27.8. The van der Waals surface area contributed by atoms with Gasteiger partial charge in [-0.1, -0.05) is 11.6 Å². The van der Waals surface area contributed by atoms with E-state index in [4.69, 9.17) is 4.74 Å². The van der Waals surface area contributed by atoms with Gasteiger partial charge in [0.1, 0.15) is 24.0 Å². The van der Waals surface area contributed by atoms with Crippen molar-refractivity contribution in [3.8, 4) is 5.75 Å². The molecule has 0 amide bonds. The normalized spacial score (nSPS) is 13.5. The second-order valence-corrected chi connectivity index (χ2v) is 8.25. The van der Waals surface area contributed by atoms with E-state index in [1.165, 1.54) is 6.07 Å². The fraction of sp³-hybridized carbons (Fsp3) is 0.231. The summed E-state index contributed by atoms with van der Waals surface area (Å²) in [5.74, 6) is -2.92. The molecule has 0 saturated carbocycles. The summed E-state index contributed by atoms with van der Waals surface area (Å²) in [6, 6.07) is 9.65. The molecule has 1 aliphatic carbocycles. The maximum Gasteiger partial charge on any atom is 1.00 e. The summed E-state index contributed by atoms with van der Waals surface area (Å²) < 4.78 is 73.4. The average molecular weight is 511 g/mol. The monoisotopic (exact) mass is 511 g/mol. The van der Waals surface area contributed by atoms with Crippen LogP contribution in [0.2, 0.25) is 0 Å². The van der Waals surface area contributed by atoms with Crippen LogP contribution in [-0.2, 0) is 12.8 Å². The molecule has 36 heavy (non-hydrogen) atoms. The first-order valence-corrected chi connectivity index (χ1v) is 10.7. The molecule has 182 valence electrons. The maximum atomic E-state index is 14.1. The molecule has 0 fully saturated rings. The van der Waals surface area contributed by atoms with Crippen molar-refractivity contribution < 1.29 is 66.1 Å². The Morgan fingerprint density at radius 2 is 1.75 bits per heavy atom. The number of aryl methyl sites for hydroxylation is 1. The van der Waals surface area contributed by atoms with E-state index in [0.717, 1.165) is 23.8 Å². The van der Waals surface area contributed by atoms with Crippen molar-refractivity contribution in [1.29, 1.82) is 0 Å². The Morgan fingerprint density at radius 1 is 1.03 bits per heavy atom. The van der Waals surface area contributed by atoms with Gasteiger partial charge in [0.25, 0.3) is 0 Å². The Kier molecular flexibility index (Phi) is 8.59. The molecule has 0 atom stereocenters. The Morgan fingerprint density at radius 3 is 2.42 bits per heavy atom. The number of carboxylic acid groups (broad SMARTS) is 1. The number of halogens is 5. The Bertz CT molecular complexity index is 1340. The molecule has 10 heteroatoms. The first-order valence-electron chi connectivity index (χ1n) is 10.7. The minimum atomic E-state index is -4.77. The van der Waals surface area contributed by atoms with Crippen LogP contribution >= 0.6 is 0 Å². The maximum absolute atomic E-state index is 14.1. The van der Waals surface area contributed by atoms with Gasteiger partial charge in [-0.25, -0.2) is 13.8 Å². The molecule has 4 rings (SSSR count). The van der Waals surface area contributed by atoms with E-state index in [1.54, 1.807) is 18.2 Å². The number of pyridine rings is 1. The molecular formula is C26H19F5NNaO3. The Labute approximate surface area is 226 Å². The Hall–Kier alpha value is -2.75. The number of carbonyl (C=O) groups excluding carboxylic acids is 1. The van der Waals surface area contributed by atoms with Gasteiger partial charge >= 0.3 is 35.7 Å². The Balaban J connectivity index is 0.00000361. The first-order chi connectivity index (χ1) is 16.5. The molecule has 2 aromatic carbocycles. The van der Waals surface area contributed by atoms with Crippen LogP contribution in [0.15, 0.2) is 48.5 Å². The number of carboxylic acids is 1. The molecule has 0 aliphatic heterocycles. The van der Waals surface area contributed by atoms with Gasteiger partial charge < -0.3 is 14.6 Å². The third kappa shape index (κ3) is 6.14. The summed E-state index contributed by atoms with van der Waals surface area (Å²) in [7, 11) is 0. The van der Waals surface area contributed by atoms with E-state index in [0.29, 0.717) is 47.8 Å². The number of aromatic nitrogens is 1. The van der Waals surface area contributed by atoms with E-state index in [9.17, 15) is 31.9 Å². The van der Waals surface area contributed by atoms with Crippen LogP contribution in [0.25, 0.3) is 11.1 Å². The van der Waals surface area contributed by atoms with Crippen LogP contribution < -0.4 is 39.4 Å². The largest absolute Gasteiger partial charge is 1.00 e. The van der Waals surface area contributed by atoms with Gasteiger partial charge in [0, 0.05) is 17.2 Å². The minimum absolute atomic E-state index is 0. The number of aromatic carboxylic acids is 1. The van der Waals surface area contributed by atoms with Gasteiger partial charge in [0.2, 0.25) is 0 Å². The SMILES string of the molecule is Cc1ccc(OCc2ccc(F)cc2F)c(C2=C(c3cc(C(F)(F)F)cc(C(=O)[O-])n3)CCC2)c1.[Na+]. The van der Waals surface area contributed by atoms with Crippen LogP contribution in [0.1, 0.15) is 57.7 Å². The van der Waals surface area contributed by atoms with E-state index < -0.39 is 35.0 Å². The molecule has 0 unspecified atom stereocenters. The molecule has 3 aromatic rings. The zero-order valence-corrected chi connectivity index (χ0v) is 21.5. The smallest absolute Gasteiger partial charge is 0.543 e. The van der Waals surface area contributed by atoms with Gasteiger partial charge in [-0.15, -0.1) is 0 Å². The predicted octanol–water partition coefficient (Wildman–Crippen LogP) is 2.73. The summed E-state index contributed by atoms with van der Waals surface area (Å²) >= 11 is 0. The third-order valence-corrected chi connectivity index (χ3v) is 5.75. The van der Waals surface area contributed by atoms with Crippen molar-refractivity contribution in [3.63, 3.8) is 0 Å². The van der Waals surface area contributed by atoms with Gasteiger partial charge in [-0.05, 0) is 73.7 Å². The third-order valence-electron chi connectivity index (χ3n) is 5.75. The second-order valence-electron chi connectivity index (χ2n) is 8.25. The van der Waals surface area contributed by atoms with Crippen LogP contribution in [0, 0.1) is 18.6 Å². The zero-order valence-electron chi connectivity index (χ0n) is 19.5. The second kappa shape index (κ2) is 11.1. The standard InChI is InChI=1S/C26H20F5NO3.Na/c1-14-5-8-24(35-13-15-6-7-17(27)12-21(15)28)20(9-14)18-3-2-4-19(18)22-10-16(26(29,30)31)11-23(32-22)25(33)34;/h5-12H,2-4,13H2,1H3,(H,33,34);/q;+1/p-1. The number of nitrogens with zero attached hydrogens (tertiary/aromatic N) is 1. The van der Waals surface area contributed by atoms with Gasteiger partial charge in [0.05, 0.1) is 22.9 Å². The van der Waals surface area contributed by atoms with Crippen molar-refractivity contribution in [1.82, 2.24) is 4.98 Å². The summed E-state index contributed by atoms with van der Waals surface area (Å²) in [6.45, 7) is 1.64. The number of carbonyl (C=O) groups is 1. The molecule has 0 spiro atoms. The van der Waals surface area contributed by atoms with Crippen molar-refractivity contribution in [3.05, 3.63) is 93.8 Å². The molecule has 1 heterocycles. The van der Waals surface area contributed by atoms with E-state index in [-0.39, 0.29) is 47.4 Å². The van der Waals surface area contributed by atoms with Crippen molar-refractivity contribution in [2.75, 3.05) is 0 Å². The van der Waals surface area contributed by atoms with Gasteiger partial charge in [-0.2, -0.15) is 13.2 Å². The molecule has 0 saturated heterocycles. The summed E-state index contributed by atoms with van der Waals surface area (Å²) in [4.78, 5) is 15.3. The molecule has 0 bridgehead atoms. The number of ether oxygens (including phenoxy) is 1. The molecule has 0 N–H and O–H groups in total. The van der Waals surface area contributed by atoms with Crippen molar-refractivity contribution in [2.45, 2.75) is 39.0 Å². The zero-order chi connectivity index (χ0) is 25.3. The topological polar surface area (TPSA) is 62.2 Å². The molecule has 4 nitrogen and oxygen atoms in total. The number of rotatable bonds is 6. The van der Waals surface area contributed by atoms with Crippen LogP contribution in [0.3, 0.4) is 0 Å². The minimum Gasteiger partial charge on any atom is -0.543 e. The number of hydrogen-bond donors (Lipinski definition) is 0. The number of allylic oxidation sites excluding steroid dienone is 2.